The maximum absolute atomic E-state index is 12.2. The molecule has 1 amide bonds. The summed E-state index contributed by atoms with van der Waals surface area (Å²) in [5.41, 5.74) is 5.55. The Morgan fingerprint density at radius 3 is 2.47 bits per heavy atom. The van der Waals surface area contributed by atoms with E-state index in [1.807, 2.05) is 0 Å². The SMILES string of the molecule is CCC(CCN)CCC(=O)N(CCC(=O)O)C1CC1. The highest BCUT2D eigenvalue weighted by atomic mass is 16.4. The predicted octanol–water partition coefficient (Wildman–Crippen LogP) is 1.61. The lowest BCUT2D eigenvalue weighted by Crippen LogP contribution is -2.35. The van der Waals surface area contributed by atoms with Gasteiger partial charge in [-0.05, 0) is 38.1 Å². The van der Waals surface area contributed by atoms with Crippen molar-refractivity contribution in [3.8, 4) is 0 Å². The van der Waals surface area contributed by atoms with Crippen LogP contribution in [-0.2, 0) is 9.59 Å². The van der Waals surface area contributed by atoms with E-state index in [0.717, 1.165) is 32.1 Å². The molecule has 0 aromatic rings. The molecule has 19 heavy (non-hydrogen) atoms. The molecule has 1 unspecified atom stereocenters. The van der Waals surface area contributed by atoms with E-state index >= 15 is 0 Å². The van der Waals surface area contributed by atoms with E-state index in [1.54, 1.807) is 4.90 Å². The molecule has 5 heteroatoms. The van der Waals surface area contributed by atoms with E-state index in [4.69, 9.17) is 10.8 Å². The van der Waals surface area contributed by atoms with Gasteiger partial charge in [0.1, 0.15) is 0 Å². The quantitative estimate of drug-likeness (QED) is 0.631. The summed E-state index contributed by atoms with van der Waals surface area (Å²) in [7, 11) is 0. The molecule has 110 valence electrons. The van der Waals surface area contributed by atoms with E-state index in [2.05, 4.69) is 6.92 Å². The lowest BCUT2D eigenvalue weighted by Gasteiger charge is -2.23. The fraction of sp³-hybridized carbons (Fsp3) is 0.857. The largest absolute Gasteiger partial charge is 0.481 e. The molecule has 1 atom stereocenters. The number of hydrogen-bond acceptors (Lipinski definition) is 3. The molecule has 0 radical (unpaired) electrons. The Kier molecular flexibility index (Phi) is 6.84. The number of hydrogen-bond donors (Lipinski definition) is 2. The van der Waals surface area contributed by atoms with Crippen molar-refractivity contribution in [3.05, 3.63) is 0 Å². The normalized spacial score (nSPS) is 16.1. The first kappa shape index (κ1) is 16.0. The van der Waals surface area contributed by atoms with Crippen molar-refractivity contribution in [1.29, 1.82) is 0 Å². The number of carboxylic acids is 1. The van der Waals surface area contributed by atoms with Gasteiger partial charge in [0.2, 0.25) is 5.91 Å². The van der Waals surface area contributed by atoms with Crippen molar-refractivity contribution in [1.82, 2.24) is 4.90 Å². The van der Waals surface area contributed by atoms with Gasteiger partial charge in [-0.1, -0.05) is 13.3 Å². The molecule has 0 bridgehead atoms. The Morgan fingerprint density at radius 2 is 2.00 bits per heavy atom. The van der Waals surface area contributed by atoms with Crippen LogP contribution in [0.25, 0.3) is 0 Å². The minimum atomic E-state index is -0.840. The van der Waals surface area contributed by atoms with Crippen molar-refractivity contribution in [2.75, 3.05) is 13.1 Å². The van der Waals surface area contributed by atoms with Crippen molar-refractivity contribution < 1.29 is 14.7 Å². The van der Waals surface area contributed by atoms with Crippen LogP contribution in [0, 0.1) is 5.92 Å². The van der Waals surface area contributed by atoms with Crippen molar-refractivity contribution in [2.24, 2.45) is 11.7 Å². The van der Waals surface area contributed by atoms with Gasteiger partial charge in [-0.2, -0.15) is 0 Å². The fourth-order valence-electron chi connectivity index (χ4n) is 2.37. The van der Waals surface area contributed by atoms with Crippen LogP contribution in [0.4, 0.5) is 0 Å². The Bertz CT molecular complexity index is 303. The zero-order valence-corrected chi connectivity index (χ0v) is 11.8. The van der Waals surface area contributed by atoms with E-state index in [0.29, 0.717) is 31.5 Å². The molecule has 5 nitrogen and oxygen atoms in total. The van der Waals surface area contributed by atoms with Gasteiger partial charge in [0.05, 0.1) is 6.42 Å². The minimum Gasteiger partial charge on any atom is -0.481 e. The second-order valence-corrected chi connectivity index (χ2v) is 5.35. The number of nitrogens with two attached hydrogens (primary N) is 1. The predicted molar refractivity (Wildman–Crippen MR) is 73.7 cm³/mol. The second kappa shape index (κ2) is 8.15. The molecule has 0 aromatic carbocycles. The lowest BCUT2D eigenvalue weighted by atomic mass is 9.96. The van der Waals surface area contributed by atoms with Crippen LogP contribution in [0.5, 0.6) is 0 Å². The van der Waals surface area contributed by atoms with E-state index in [9.17, 15) is 9.59 Å². The van der Waals surface area contributed by atoms with E-state index in [1.165, 1.54) is 0 Å². The molecular formula is C14H26N2O3. The maximum atomic E-state index is 12.2. The van der Waals surface area contributed by atoms with Crippen LogP contribution in [0.1, 0.15) is 51.9 Å². The highest BCUT2D eigenvalue weighted by molar-refractivity contribution is 5.77. The highest BCUT2D eigenvalue weighted by Gasteiger charge is 2.32. The first-order valence-corrected chi connectivity index (χ1v) is 7.29. The number of nitrogens with zero attached hydrogens (tertiary/aromatic N) is 1. The zero-order chi connectivity index (χ0) is 14.3. The smallest absolute Gasteiger partial charge is 0.305 e. The first-order valence-electron chi connectivity index (χ1n) is 7.29. The van der Waals surface area contributed by atoms with Crippen molar-refractivity contribution in [2.45, 2.75) is 57.9 Å². The van der Waals surface area contributed by atoms with Gasteiger partial charge >= 0.3 is 5.97 Å². The monoisotopic (exact) mass is 270 g/mol. The Morgan fingerprint density at radius 1 is 1.32 bits per heavy atom. The maximum Gasteiger partial charge on any atom is 0.305 e. The zero-order valence-electron chi connectivity index (χ0n) is 11.8. The van der Waals surface area contributed by atoms with Crippen LogP contribution in [0.15, 0.2) is 0 Å². The van der Waals surface area contributed by atoms with Crippen LogP contribution < -0.4 is 5.73 Å². The number of aliphatic carboxylic acids is 1. The molecular weight excluding hydrogens is 244 g/mol. The average Bonchev–Trinajstić information content (AvgIpc) is 3.18. The molecule has 1 aliphatic rings. The van der Waals surface area contributed by atoms with Gasteiger partial charge in [-0.3, -0.25) is 9.59 Å². The number of carboxylic acid groups (broad SMARTS) is 1. The van der Waals surface area contributed by atoms with Gasteiger partial charge < -0.3 is 15.7 Å². The molecule has 3 N–H and O–H groups in total. The van der Waals surface area contributed by atoms with Gasteiger partial charge in [0, 0.05) is 19.0 Å². The third kappa shape index (κ3) is 6.05. The Labute approximate surface area is 115 Å². The van der Waals surface area contributed by atoms with Gasteiger partial charge in [-0.15, -0.1) is 0 Å². The minimum absolute atomic E-state index is 0.0439. The topological polar surface area (TPSA) is 83.6 Å². The van der Waals surface area contributed by atoms with Crippen LogP contribution in [-0.4, -0.2) is 41.0 Å². The van der Waals surface area contributed by atoms with Crippen LogP contribution in [0.3, 0.4) is 0 Å². The van der Waals surface area contributed by atoms with Crippen LogP contribution in [0.2, 0.25) is 0 Å². The molecule has 0 heterocycles. The summed E-state index contributed by atoms with van der Waals surface area (Å²) in [5.74, 6) is -0.221. The summed E-state index contributed by atoms with van der Waals surface area (Å²) in [5, 5.41) is 8.72. The van der Waals surface area contributed by atoms with Gasteiger partial charge in [0.15, 0.2) is 0 Å². The molecule has 1 rings (SSSR count). The summed E-state index contributed by atoms with van der Waals surface area (Å²) in [6.07, 6.45) is 5.47. The standard InChI is InChI=1S/C14H26N2O3/c1-2-11(7-9-15)3-6-13(17)16(12-4-5-12)10-8-14(18)19/h11-12H,2-10,15H2,1H3,(H,18,19). The lowest BCUT2D eigenvalue weighted by molar-refractivity contribution is -0.138. The number of rotatable bonds is 10. The Balaban J connectivity index is 2.36. The van der Waals surface area contributed by atoms with E-state index in [-0.39, 0.29) is 12.3 Å². The molecule has 1 aliphatic carbocycles. The average molecular weight is 270 g/mol. The summed E-state index contributed by atoms with van der Waals surface area (Å²) in [4.78, 5) is 24.5. The molecule has 0 aromatic heterocycles. The van der Waals surface area contributed by atoms with Crippen molar-refractivity contribution in [3.63, 3.8) is 0 Å². The number of amides is 1. The van der Waals surface area contributed by atoms with E-state index < -0.39 is 5.97 Å². The van der Waals surface area contributed by atoms with Gasteiger partial charge in [-0.25, -0.2) is 0 Å². The second-order valence-electron chi connectivity index (χ2n) is 5.35. The highest BCUT2D eigenvalue weighted by Crippen LogP contribution is 2.28. The number of carbonyl (C=O) groups is 2. The molecule has 0 saturated heterocycles. The van der Waals surface area contributed by atoms with Gasteiger partial charge in [0.25, 0.3) is 0 Å². The van der Waals surface area contributed by atoms with Crippen LogP contribution >= 0.6 is 0 Å². The molecule has 0 spiro atoms. The molecule has 1 fully saturated rings. The molecule has 1 saturated carbocycles. The van der Waals surface area contributed by atoms with Crippen molar-refractivity contribution >= 4 is 11.9 Å². The third-order valence-electron chi connectivity index (χ3n) is 3.79. The summed E-state index contributed by atoms with van der Waals surface area (Å²) < 4.78 is 0. The summed E-state index contributed by atoms with van der Waals surface area (Å²) >= 11 is 0. The number of carbonyl (C=O) groups excluding carboxylic acids is 1. The Hall–Kier alpha value is -1.10. The first-order chi connectivity index (χ1) is 9.08. The fourth-order valence-corrected chi connectivity index (χ4v) is 2.37. The summed E-state index contributed by atoms with van der Waals surface area (Å²) in [6.45, 7) is 3.14. The summed E-state index contributed by atoms with van der Waals surface area (Å²) in [6, 6.07) is 0.293. The third-order valence-corrected chi connectivity index (χ3v) is 3.79. The molecule has 0 aliphatic heterocycles.